The van der Waals surface area contributed by atoms with Crippen LogP contribution in [-0.2, 0) is 9.59 Å². The monoisotopic (exact) mass is 287 g/mol. The minimum Gasteiger partial charge on any atom is -0.480 e. The fourth-order valence-electron chi connectivity index (χ4n) is 1.81. The zero-order valence-corrected chi connectivity index (χ0v) is 13.2. The van der Waals surface area contributed by atoms with Crippen molar-refractivity contribution in [3.63, 3.8) is 0 Å². The topological polar surface area (TPSA) is 72.9 Å². The average molecular weight is 287 g/mol. The molecule has 0 fully saturated rings. The highest BCUT2D eigenvalue weighted by molar-refractivity contribution is 5.82. The number of hydrogen-bond donors (Lipinski definition) is 2. The lowest BCUT2D eigenvalue weighted by Gasteiger charge is -2.27. The lowest BCUT2D eigenvalue weighted by molar-refractivity contribution is -0.139. The van der Waals surface area contributed by atoms with Crippen molar-refractivity contribution in [1.82, 2.24) is 15.1 Å². The zero-order chi connectivity index (χ0) is 15.5. The Kier molecular flexibility index (Phi) is 10.0. The Morgan fingerprint density at radius 1 is 1.20 bits per heavy atom. The minimum atomic E-state index is -0.908. The zero-order valence-electron chi connectivity index (χ0n) is 13.2. The highest BCUT2D eigenvalue weighted by Gasteiger charge is 2.22. The summed E-state index contributed by atoms with van der Waals surface area (Å²) >= 11 is 0. The molecule has 0 aromatic rings. The number of carbonyl (C=O) groups excluding carboxylic acids is 1. The number of carbonyl (C=O) groups is 2. The lowest BCUT2D eigenvalue weighted by atomic mass is 10.2. The first-order valence-electron chi connectivity index (χ1n) is 7.26. The third-order valence-corrected chi connectivity index (χ3v) is 3.18. The van der Waals surface area contributed by atoms with E-state index < -0.39 is 12.0 Å². The van der Waals surface area contributed by atoms with Crippen molar-refractivity contribution in [1.29, 1.82) is 0 Å². The molecule has 0 aliphatic heterocycles. The van der Waals surface area contributed by atoms with Gasteiger partial charge in [-0.15, -0.1) is 0 Å². The normalized spacial score (nSPS) is 12.7. The Morgan fingerprint density at radius 2 is 1.85 bits per heavy atom. The molecule has 0 saturated heterocycles. The van der Waals surface area contributed by atoms with Crippen LogP contribution in [0.2, 0.25) is 0 Å². The molecule has 0 aromatic carbocycles. The number of amides is 1. The second-order valence-electron chi connectivity index (χ2n) is 5.34. The van der Waals surface area contributed by atoms with Gasteiger partial charge in [-0.1, -0.05) is 19.8 Å². The van der Waals surface area contributed by atoms with E-state index in [1.165, 1.54) is 0 Å². The van der Waals surface area contributed by atoms with Crippen LogP contribution in [0.5, 0.6) is 0 Å². The summed E-state index contributed by atoms with van der Waals surface area (Å²) in [5, 5.41) is 11.8. The van der Waals surface area contributed by atoms with Gasteiger partial charge in [0.25, 0.3) is 0 Å². The van der Waals surface area contributed by atoms with Crippen molar-refractivity contribution in [2.75, 3.05) is 40.3 Å². The highest BCUT2D eigenvalue weighted by atomic mass is 16.4. The summed E-state index contributed by atoms with van der Waals surface area (Å²) in [6, 6.07) is -0.423. The number of unbranched alkanes of at least 4 members (excludes halogenated alkanes) is 2. The molecule has 0 bridgehead atoms. The Hall–Kier alpha value is -1.14. The van der Waals surface area contributed by atoms with Gasteiger partial charge in [0.15, 0.2) is 0 Å². The summed E-state index contributed by atoms with van der Waals surface area (Å²) in [6.07, 6.45) is 3.17. The van der Waals surface area contributed by atoms with E-state index in [0.29, 0.717) is 13.1 Å². The fraction of sp³-hybridized carbons (Fsp3) is 0.857. The van der Waals surface area contributed by atoms with E-state index in [2.05, 4.69) is 12.2 Å². The van der Waals surface area contributed by atoms with Gasteiger partial charge in [-0.2, -0.15) is 0 Å². The molecule has 2 N–H and O–H groups in total. The van der Waals surface area contributed by atoms with Gasteiger partial charge in [-0.05, 0) is 27.4 Å². The van der Waals surface area contributed by atoms with Crippen molar-refractivity contribution < 1.29 is 14.7 Å². The van der Waals surface area contributed by atoms with Gasteiger partial charge in [0.1, 0.15) is 0 Å². The third-order valence-electron chi connectivity index (χ3n) is 3.18. The predicted octanol–water partition coefficient (Wildman–Crippen LogP) is 0.630. The van der Waals surface area contributed by atoms with Crippen LogP contribution >= 0.6 is 0 Å². The van der Waals surface area contributed by atoms with Gasteiger partial charge in [0.2, 0.25) is 5.91 Å². The molecular weight excluding hydrogens is 258 g/mol. The van der Waals surface area contributed by atoms with E-state index in [9.17, 15) is 9.59 Å². The first kappa shape index (κ1) is 18.9. The summed E-state index contributed by atoms with van der Waals surface area (Å²) in [5.74, 6) is -1.00. The largest absolute Gasteiger partial charge is 0.480 e. The van der Waals surface area contributed by atoms with Gasteiger partial charge in [0.05, 0.1) is 12.6 Å². The predicted molar refractivity (Wildman–Crippen MR) is 79.8 cm³/mol. The minimum absolute atomic E-state index is 0.0962. The van der Waals surface area contributed by atoms with Crippen LogP contribution in [0.4, 0.5) is 0 Å². The smallest absolute Gasteiger partial charge is 0.317 e. The number of nitrogens with zero attached hydrogens (tertiary/aromatic N) is 2. The summed E-state index contributed by atoms with van der Waals surface area (Å²) in [5.41, 5.74) is 0. The number of rotatable bonds is 11. The molecule has 0 aliphatic carbocycles. The fourth-order valence-corrected chi connectivity index (χ4v) is 1.81. The van der Waals surface area contributed by atoms with Crippen molar-refractivity contribution in [3.8, 4) is 0 Å². The van der Waals surface area contributed by atoms with Crippen LogP contribution < -0.4 is 5.32 Å². The molecule has 0 saturated carbocycles. The molecule has 0 rings (SSSR count). The van der Waals surface area contributed by atoms with Gasteiger partial charge < -0.3 is 15.3 Å². The van der Waals surface area contributed by atoms with E-state index >= 15 is 0 Å². The average Bonchev–Trinajstić information content (AvgIpc) is 2.37. The number of likely N-dealkylation sites (N-methyl/N-ethyl adjacent to an activating group) is 1. The van der Waals surface area contributed by atoms with E-state index in [0.717, 1.165) is 25.8 Å². The van der Waals surface area contributed by atoms with Crippen LogP contribution in [0.15, 0.2) is 0 Å². The van der Waals surface area contributed by atoms with E-state index in [4.69, 9.17) is 5.11 Å². The molecule has 0 aliphatic rings. The van der Waals surface area contributed by atoms with E-state index in [1.807, 2.05) is 19.0 Å². The Labute approximate surface area is 122 Å². The second-order valence-corrected chi connectivity index (χ2v) is 5.34. The molecule has 0 radical (unpaired) electrons. The lowest BCUT2D eigenvalue weighted by Crippen LogP contribution is -2.49. The molecule has 6 nitrogen and oxygen atoms in total. The maximum absolute atomic E-state index is 12.0. The quantitative estimate of drug-likeness (QED) is 0.545. The maximum atomic E-state index is 12.0. The number of aliphatic carboxylic acids is 1. The first-order chi connectivity index (χ1) is 9.38. The summed E-state index contributed by atoms with van der Waals surface area (Å²) in [6.45, 7) is 5.70. The van der Waals surface area contributed by atoms with E-state index in [-0.39, 0.29) is 12.5 Å². The number of carboxylic acid groups (broad SMARTS) is 1. The molecule has 6 heteroatoms. The number of carboxylic acids is 1. The standard InChI is InChI=1S/C14H29N3O3/c1-5-6-7-8-15-14(20)12(2)17(11-13(18)19)10-9-16(3)4/h12H,5-11H2,1-4H3,(H,15,20)(H,18,19). The van der Waals surface area contributed by atoms with Crippen LogP contribution in [0.25, 0.3) is 0 Å². The van der Waals surface area contributed by atoms with Crippen LogP contribution in [0, 0.1) is 0 Å². The summed E-state index contributed by atoms with van der Waals surface area (Å²) in [4.78, 5) is 26.6. The Balaban J connectivity index is 4.31. The molecule has 1 amide bonds. The SMILES string of the molecule is CCCCCNC(=O)C(C)N(CCN(C)C)CC(=O)O. The summed E-state index contributed by atoms with van der Waals surface area (Å²) < 4.78 is 0. The van der Waals surface area contributed by atoms with Crippen LogP contribution in [-0.4, -0.2) is 73.1 Å². The van der Waals surface area contributed by atoms with Crippen LogP contribution in [0.1, 0.15) is 33.1 Å². The molecule has 118 valence electrons. The van der Waals surface area contributed by atoms with Crippen molar-refractivity contribution >= 4 is 11.9 Å². The number of hydrogen-bond acceptors (Lipinski definition) is 4. The highest BCUT2D eigenvalue weighted by Crippen LogP contribution is 2.00. The first-order valence-corrected chi connectivity index (χ1v) is 7.26. The van der Waals surface area contributed by atoms with Crippen molar-refractivity contribution in [2.24, 2.45) is 0 Å². The van der Waals surface area contributed by atoms with Gasteiger partial charge in [-0.25, -0.2) is 0 Å². The third kappa shape index (κ3) is 8.87. The van der Waals surface area contributed by atoms with E-state index in [1.54, 1.807) is 11.8 Å². The van der Waals surface area contributed by atoms with Crippen molar-refractivity contribution in [2.45, 2.75) is 39.2 Å². The molecule has 1 atom stereocenters. The molecule has 20 heavy (non-hydrogen) atoms. The molecule has 0 spiro atoms. The van der Waals surface area contributed by atoms with Crippen LogP contribution in [0.3, 0.4) is 0 Å². The van der Waals surface area contributed by atoms with Gasteiger partial charge >= 0.3 is 5.97 Å². The molecule has 1 unspecified atom stereocenters. The molecule has 0 aromatic heterocycles. The second kappa shape index (κ2) is 10.6. The van der Waals surface area contributed by atoms with Gasteiger partial charge in [-0.3, -0.25) is 14.5 Å². The molecule has 0 heterocycles. The van der Waals surface area contributed by atoms with Gasteiger partial charge in [0, 0.05) is 19.6 Å². The summed E-state index contributed by atoms with van der Waals surface area (Å²) in [7, 11) is 3.85. The maximum Gasteiger partial charge on any atom is 0.317 e. The Morgan fingerprint density at radius 3 is 2.35 bits per heavy atom. The number of nitrogens with one attached hydrogen (secondary N) is 1. The Bertz CT molecular complexity index is 295. The van der Waals surface area contributed by atoms with Crippen molar-refractivity contribution in [3.05, 3.63) is 0 Å². The molecular formula is C14H29N3O3.